The first-order valence-electron chi connectivity index (χ1n) is 7.52. The molecule has 0 saturated carbocycles. The number of hydrogen-bond donors (Lipinski definition) is 2. The average Bonchev–Trinajstić information content (AvgIpc) is 2.50. The maximum atomic E-state index is 12.6. The minimum absolute atomic E-state index is 0.00981. The Balaban J connectivity index is 2.26. The molecule has 2 rings (SSSR count). The fourth-order valence-electron chi connectivity index (χ4n) is 2.12. The van der Waals surface area contributed by atoms with Crippen molar-refractivity contribution in [3.05, 3.63) is 42.5 Å². The molecule has 1 unspecified atom stereocenters. The molecule has 0 saturated heterocycles. The summed E-state index contributed by atoms with van der Waals surface area (Å²) < 4.78 is 38.5. The molecular weight excluding hydrogens is 354 g/mol. The molecule has 2 aromatic carbocycles. The van der Waals surface area contributed by atoms with Crippen LogP contribution in [0.2, 0.25) is 0 Å². The standard InChI is InChI=1S/C15H20O7P2/c1-2-3-6-12-20-24(19,22-23(16,17)18)21-15-11-7-9-13-8-4-5-10-14(13)15/h4-5,7-11H,2-3,6,12H2,1H3,(H2,16,17,18). The van der Waals surface area contributed by atoms with Crippen LogP contribution < -0.4 is 4.52 Å². The van der Waals surface area contributed by atoms with Crippen molar-refractivity contribution in [2.45, 2.75) is 26.2 Å². The molecule has 7 nitrogen and oxygen atoms in total. The van der Waals surface area contributed by atoms with Crippen LogP contribution in [0.25, 0.3) is 10.8 Å². The third-order valence-corrected chi connectivity index (χ3v) is 5.73. The van der Waals surface area contributed by atoms with Crippen LogP contribution in [0.15, 0.2) is 42.5 Å². The van der Waals surface area contributed by atoms with Gasteiger partial charge in [-0.2, -0.15) is 4.31 Å². The highest BCUT2D eigenvalue weighted by atomic mass is 31.3. The van der Waals surface area contributed by atoms with Crippen molar-refractivity contribution in [1.82, 2.24) is 0 Å². The summed E-state index contributed by atoms with van der Waals surface area (Å²) in [5.74, 6) is 0.167. The quantitative estimate of drug-likeness (QED) is 0.487. The third-order valence-electron chi connectivity index (χ3n) is 3.16. The molecule has 0 amide bonds. The van der Waals surface area contributed by atoms with Crippen molar-refractivity contribution in [2.75, 3.05) is 6.61 Å². The predicted molar refractivity (Wildman–Crippen MR) is 90.8 cm³/mol. The normalized spacial score (nSPS) is 14.5. The van der Waals surface area contributed by atoms with Gasteiger partial charge in [0, 0.05) is 5.39 Å². The first-order valence-corrected chi connectivity index (χ1v) is 10.5. The molecule has 9 heteroatoms. The minimum Gasteiger partial charge on any atom is -0.403 e. The molecular formula is C15H20O7P2. The monoisotopic (exact) mass is 374 g/mol. The lowest BCUT2D eigenvalue weighted by molar-refractivity contribution is 0.181. The van der Waals surface area contributed by atoms with Gasteiger partial charge in [0.15, 0.2) is 0 Å². The number of phosphoric acid groups is 2. The number of benzene rings is 2. The first-order chi connectivity index (χ1) is 11.3. The molecule has 0 heterocycles. The second-order valence-electron chi connectivity index (χ2n) is 5.13. The van der Waals surface area contributed by atoms with Gasteiger partial charge in [0.2, 0.25) is 0 Å². The van der Waals surface area contributed by atoms with E-state index < -0.39 is 15.6 Å². The molecule has 0 spiro atoms. The summed E-state index contributed by atoms with van der Waals surface area (Å²) >= 11 is 0. The van der Waals surface area contributed by atoms with Gasteiger partial charge in [-0.15, -0.1) is 0 Å². The van der Waals surface area contributed by atoms with E-state index in [4.69, 9.17) is 18.8 Å². The first kappa shape index (κ1) is 19.1. The molecule has 0 aromatic heterocycles. The van der Waals surface area contributed by atoms with Gasteiger partial charge in [0.1, 0.15) is 5.75 Å². The number of unbranched alkanes of at least 4 members (excludes halogenated alkanes) is 2. The van der Waals surface area contributed by atoms with Crippen molar-refractivity contribution in [3.63, 3.8) is 0 Å². The SMILES string of the molecule is CCCCCOP(=O)(Oc1cccc2ccccc12)OP(=O)(O)O. The van der Waals surface area contributed by atoms with Crippen LogP contribution >= 0.6 is 15.6 Å². The fraction of sp³-hybridized carbons (Fsp3) is 0.333. The summed E-state index contributed by atoms with van der Waals surface area (Å²) in [5, 5.41) is 1.45. The van der Waals surface area contributed by atoms with E-state index in [1.165, 1.54) is 6.07 Å². The average molecular weight is 374 g/mol. The van der Waals surface area contributed by atoms with Gasteiger partial charge in [0.05, 0.1) is 6.61 Å². The highest BCUT2D eigenvalue weighted by molar-refractivity contribution is 7.61. The van der Waals surface area contributed by atoms with Crippen LogP contribution in [0.4, 0.5) is 0 Å². The van der Waals surface area contributed by atoms with Gasteiger partial charge in [-0.1, -0.05) is 56.2 Å². The highest BCUT2D eigenvalue weighted by Crippen LogP contribution is 2.61. The Morgan fingerprint density at radius 3 is 2.42 bits per heavy atom. The third kappa shape index (κ3) is 5.71. The molecule has 0 aliphatic heterocycles. The van der Waals surface area contributed by atoms with Crippen LogP contribution in [0, 0.1) is 0 Å². The van der Waals surface area contributed by atoms with E-state index in [1.807, 2.05) is 25.1 Å². The minimum atomic E-state index is -5.05. The number of fused-ring (bicyclic) bond motifs is 1. The van der Waals surface area contributed by atoms with E-state index >= 15 is 0 Å². The Morgan fingerprint density at radius 1 is 1.00 bits per heavy atom. The van der Waals surface area contributed by atoms with E-state index in [9.17, 15) is 9.13 Å². The maximum absolute atomic E-state index is 12.6. The van der Waals surface area contributed by atoms with E-state index in [0.29, 0.717) is 11.8 Å². The smallest absolute Gasteiger partial charge is 0.403 e. The summed E-state index contributed by atoms with van der Waals surface area (Å²) in [4.78, 5) is 18.0. The zero-order chi connectivity index (χ0) is 17.6. The van der Waals surface area contributed by atoms with E-state index in [-0.39, 0.29) is 12.4 Å². The fourth-order valence-corrected chi connectivity index (χ4v) is 4.29. The van der Waals surface area contributed by atoms with Crippen molar-refractivity contribution in [2.24, 2.45) is 0 Å². The van der Waals surface area contributed by atoms with E-state index in [0.717, 1.165) is 18.2 Å². The van der Waals surface area contributed by atoms with Crippen molar-refractivity contribution >= 4 is 26.4 Å². The van der Waals surface area contributed by atoms with Crippen LogP contribution in [0.1, 0.15) is 26.2 Å². The second-order valence-corrected chi connectivity index (χ2v) is 8.10. The molecule has 2 N–H and O–H groups in total. The summed E-state index contributed by atoms with van der Waals surface area (Å²) in [7, 11) is -9.52. The van der Waals surface area contributed by atoms with Crippen LogP contribution in [0.3, 0.4) is 0 Å². The Labute approximate surface area is 140 Å². The summed E-state index contributed by atoms with van der Waals surface area (Å²) in [6.45, 7) is 1.99. The molecule has 2 aromatic rings. The Bertz CT molecular complexity index is 766. The zero-order valence-corrected chi connectivity index (χ0v) is 15.0. The van der Waals surface area contributed by atoms with Crippen molar-refractivity contribution < 1.29 is 32.3 Å². The predicted octanol–water partition coefficient (Wildman–Crippen LogP) is 4.64. The van der Waals surface area contributed by atoms with Gasteiger partial charge < -0.3 is 14.3 Å². The topological polar surface area (TPSA) is 102 Å². The Hall–Kier alpha value is -1.20. The lowest BCUT2D eigenvalue weighted by Gasteiger charge is -2.19. The van der Waals surface area contributed by atoms with E-state index in [1.54, 1.807) is 18.2 Å². The second kappa shape index (κ2) is 8.26. The van der Waals surface area contributed by atoms with Crippen molar-refractivity contribution in [1.29, 1.82) is 0 Å². The summed E-state index contributed by atoms with van der Waals surface area (Å²) in [5.41, 5.74) is 0. The van der Waals surface area contributed by atoms with Crippen LogP contribution in [-0.2, 0) is 18.0 Å². The molecule has 0 fully saturated rings. The summed E-state index contributed by atoms with van der Waals surface area (Å²) in [6.07, 6.45) is 2.31. The molecule has 0 aliphatic rings. The van der Waals surface area contributed by atoms with Crippen LogP contribution in [0.5, 0.6) is 5.75 Å². The van der Waals surface area contributed by atoms with Crippen LogP contribution in [-0.4, -0.2) is 16.4 Å². The molecule has 132 valence electrons. The van der Waals surface area contributed by atoms with Gasteiger partial charge in [-0.25, -0.2) is 9.13 Å². The lowest BCUT2D eigenvalue weighted by Crippen LogP contribution is -2.03. The number of rotatable bonds is 9. The Kier molecular flexibility index (Phi) is 6.58. The lowest BCUT2D eigenvalue weighted by atomic mass is 10.1. The number of hydrogen-bond acceptors (Lipinski definition) is 5. The molecule has 0 radical (unpaired) electrons. The van der Waals surface area contributed by atoms with Gasteiger partial charge in [-0.3, -0.25) is 4.52 Å². The van der Waals surface area contributed by atoms with Gasteiger partial charge in [-0.05, 0) is 17.9 Å². The summed E-state index contributed by atoms with van der Waals surface area (Å²) in [6, 6.07) is 12.2. The zero-order valence-electron chi connectivity index (χ0n) is 13.2. The Morgan fingerprint density at radius 2 is 1.71 bits per heavy atom. The molecule has 24 heavy (non-hydrogen) atoms. The van der Waals surface area contributed by atoms with E-state index in [2.05, 4.69) is 4.31 Å². The molecule has 0 aliphatic carbocycles. The van der Waals surface area contributed by atoms with Gasteiger partial charge >= 0.3 is 15.6 Å². The largest absolute Gasteiger partial charge is 0.539 e. The number of phosphoric ester groups is 1. The van der Waals surface area contributed by atoms with Crippen molar-refractivity contribution in [3.8, 4) is 5.75 Å². The van der Waals surface area contributed by atoms with Gasteiger partial charge in [0.25, 0.3) is 0 Å². The molecule has 0 bridgehead atoms. The highest BCUT2D eigenvalue weighted by Gasteiger charge is 2.37. The maximum Gasteiger partial charge on any atom is 0.539 e. The molecule has 1 atom stereocenters.